The second-order valence-corrected chi connectivity index (χ2v) is 6.18. The van der Waals surface area contributed by atoms with Crippen molar-refractivity contribution in [3.05, 3.63) is 36.0 Å². The minimum atomic E-state index is -1.14. The number of carboxylic acids is 2. The molecule has 1 heterocycles. The zero-order valence-corrected chi connectivity index (χ0v) is 15.3. The monoisotopic (exact) mass is 459 g/mol. The van der Waals surface area contributed by atoms with E-state index in [0.717, 1.165) is 16.5 Å². The average Bonchev–Trinajstić information content (AvgIpc) is 2.97. The number of hydrogen-bond acceptors (Lipinski definition) is 4. The van der Waals surface area contributed by atoms with Gasteiger partial charge in [-0.3, -0.25) is 9.59 Å². The van der Waals surface area contributed by atoms with E-state index in [2.05, 4.69) is 13.8 Å². The van der Waals surface area contributed by atoms with Crippen molar-refractivity contribution in [2.75, 3.05) is 0 Å². The first-order valence-corrected chi connectivity index (χ1v) is 8.66. The first-order valence-electron chi connectivity index (χ1n) is 7.58. The fourth-order valence-corrected chi connectivity index (χ4v) is 3.06. The summed E-state index contributed by atoms with van der Waals surface area (Å²) in [6, 6.07) is 5.56. The van der Waals surface area contributed by atoms with Crippen molar-refractivity contribution in [2.45, 2.75) is 31.3 Å². The standard InChI is InChI=1S/C16H18IN3O5/c17-20-12(15(22)23)5-6-14(21)19-13(16(24)25)7-9-8-18-11-4-2-1-3-10(9)11/h1-4,8,12-13,18,20H,5-7H2,(H,19,21)(H,22,23)(H,24,25)/t12-,13-/m1/s1. The number of rotatable bonds is 9. The molecule has 1 amide bonds. The number of aliphatic carboxylic acids is 2. The third-order valence-corrected chi connectivity index (χ3v) is 4.57. The molecule has 0 saturated heterocycles. The van der Waals surface area contributed by atoms with Gasteiger partial charge in [-0.2, -0.15) is 0 Å². The van der Waals surface area contributed by atoms with Crippen molar-refractivity contribution in [2.24, 2.45) is 0 Å². The van der Waals surface area contributed by atoms with Crippen LogP contribution in [0.3, 0.4) is 0 Å². The first kappa shape index (κ1) is 19.2. The lowest BCUT2D eigenvalue weighted by Crippen LogP contribution is -2.43. The lowest BCUT2D eigenvalue weighted by atomic mass is 10.0. The van der Waals surface area contributed by atoms with Crippen molar-refractivity contribution >= 4 is 51.6 Å². The van der Waals surface area contributed by atoms with Crippen molar-refractivity contribution in [3.8, 4) is 0 Å². The summed E-state index contributed by atoms with van der Waals surface area (Å²) in [4.78, 5) is 37.4. The van der Waals surface area contributed by atoms with Gasteiger partial charge in [0.2, 0.25) is 5.91 Å². The number of H-pyrrole nitrogens is 1. The maximum atomic E-state index is 12.0. The number of carbonyl (C=O) groups excluding carboxylic acids is 1. The Morgan fingerprint density at radius 2 is 1.80 bits per heavy atom. The van der Waals surface area contributed by atoms with Gasteiger partial charge in [-0.15, -0.1) is 0 Å². The van der Waals surface area contributed by atoms with Crippen LogP contribution in [0.5, 0.6) is 0 Å². The largest absolute Gasteiger partial charge is 0.480 e. The molecule has 0 saturated carbocycles. The summed E-state index contributed by atoms with van der Waals surface area (Å²) in [5.74, 6) is -2.69. The molecule has 134 valence electrons. The molecule has 9 heteroatoms. The molecule has 0 unspecified atom stereocenters. The van der Waals surface area contributed by atoms with Crippen molar-refractivity contribution < 1.29 is 24.6 Å². The molecule has 0 spiro atoms. The highest BCUT2D eigenvalue weighted by molar-refractivity contribution is 14.1. The Balaban J connectivity index is 2.00. The highest BCUT2D eigenvalue weighted by atomic mass is 127. The smallest absolute Gasteiger partial charge is 0.326 e. The Morgan fingerprint density at radius 3 is 2.44 bits per heavy atom. The Bertz CT molecular complexity index is 776. The SMILES string of the molecule is O=C(CC[C@@H](NI)C(=O)O)N[C@H](Cc1c[nH]c2ccccc12)C(=O)O. The molecule has 5 N–H and O–H groups in total. The number of aromatic nitrogens is 1. The molecule has 0 aliphatic heterocycles. The molecular formula is C16H18IN3O5. The van der Waals surface area contributed by atoms with Gasteiger partial charge in [0.05, 0.1) is 0 Å². The van der Waals surface area contributed by atoms with Gasteiger partial charge in [-0.05, 0) is 18.1 Å². The summed E-state index contributed by atoms with van der Waals surface area (Å²) in [5, 5.41) is 21.7. The van der Waals surface area contributed by atoms with Gasteiger partial charge >= 0.3 is 11.9 Å². The zero-order valence-electron chi connectivity index (χ0n) is 13.2. The van der Waals surface area contributed by atoms with E-state index in [-0.39, 0.29) is 19.3 Å². The third-order valence-electron chi connectivity index (χ3n) is 3.82. The summed E-state index contributed by atoms with van der Waals surface area (Å²) in [7, 11) is 0. The van der Waals surface area contributed by atoms with Crippen LogP contribution in [-0.2, 0) is 20.8 Å². The molecule has 2 atom stereocenters. The topological polar surface area (TPSA) is 132 Å². The molecule has 2 aromatic rings. The fourth-order valence-electron chi connectivity index (χ4n) is 2.49. The normalized spacial score (nSPS) is 13.3. The fraction of sp³-hybridized carbons (Fsp3) is 0.312. The second kappa shape index (κ2) is 8.81. The lowest BCUT2D eigenvalue weighted by Gasteiger charge is -2.15. The van der Waals surface area contributed by atoms with Crippen LogP contribution in [0.15, 0.2) is 30.5 Å². The van der Waals surface area contributed by atoms with Gasteiger partial charge in [-0.1, -0.05) is 18.2 Å². The summed E-state index contributed by atoms with van der Waals surface area (Å²) >= 11 is 1.71. The number of aromatic amines is 1. The second-order valence-electron chi connectivity index (χ2n) is 5.56. The molecule has 25 heavy (non-hydrogen) atoms. The number of carboxylic acid groups (broad SMARTS) is 2. The maximum Gasteiger partial charge on any atom is 0.326 e. The molecule has 0 fully saturated rings. The summed E-state index contributed by atoms with van der Waals surface area (Å²) in [6.45, 7) is 0. The predicted octanol–water partition coefficient (Wildman–Crippen LogP) is 1.45. The number of carbonyl (C=O) groups is 3. The van der Waals surface area contributed by atoms with Crippen LogP contribution in [0.1, 0.15) is 18.4 Å². The number of nitrogens with one attached hydrogen (secondary N) is 3. The number of halogens is 1. The quantitative estimate of drug-likeness (QED) is 0.285. The lowest BCUT2D eigenvalue weighted by molar-refractivity contribution is -0.142. The van der Waals surface area contributed by atoms with E-state index in [0.29, 0.717) is 0 Å². The number of amides is 1. The van der Waals surface area contributed by atoms with Crippen molar-refractivity contribution in [1.82, 2.24) is 13.8 Å². The van der Waals surface area contributed by atoms with Crippen LogP contribution in [0.4, 0.5) is 0 Å². The van der Waals surface area contributed by atoms with E-state index in [4.69, 9.17) is 5.11 Å². The van der Waals surface area contributed by atoms with Crippen LogP contribution in [-0.4, -0.2) is 45.1 Å². The van der Waals surface area contributed by atoms with E-state index in [1.807, 2.05) is 24.3 Å². The van der Waals surface area contributed by atoms with E-state index >= 15 is 0 Å². The van der Waals surface area contributed by atoms with Gasteiger partial charge in [0, 0.05) is 52.8 Å². The molecule has 0 bridgehead atoms. The van der Waals surface area contributed by atoms with E-state index in [1.165, 1.54) is 0 Å². The highest BCUT2D eigenvalue weighted by Crippen LogP contribution is 2.19. The molecule has 0 aliphatic carbocycles. The van der Waals surface area contributed by atoms with Crippen LogP contribution in [0.25, 0.3) is 10.9 Å². The average molecular weight is 459 g/mol. The van der Waals surface area contributed by atoms with E-state index < -0.39 is 29.9 Å². The number of para-hydroxylation sites is 1. The summed E-state index contributed by atoms with van der Waals surface area (Å²) in [5.41, 5.74) is 1.69. The van der Waals surface area contributed by atoms with Crippen LogP contribution in [0.2, 0.25) is 0 Å². The predicted molar refractivity (Wildman–Crippen MR) is 99.4 cm³/mol. The zero-order chi connectivity index (χ0) is 18.4. The third kappa shape index (κ3) is 5.16. The van der Waals surface area contributed by atoms with Crippen LogP contribution >= 0.6 is 22.9 Å². The van der Waals surface area contributed by atoms with Gasteiger partial charge in [0.15, 0.2) is 0 Å². The van der Waals surface area contributed by atoms with E-state index in [9.17, 15) is 19.5 Å². The maximum absolute atomic E-state index is 12.0. The molecule has 8 nitrogen and oxygen atoms in total. The van der Waals surface area contributed by atoms with Crippen LogP contribution in [0, 0.1) is 0 Å². The van der Waals surface area contributed by atoms with Gasteiger partial charge in [-0.25, -0.2) is 8.32 Å². The Hall–Kier alpha value is -2.14. The van der Waals surface area contributed by atoms with Crippen LogP contribution < -0.4 is 8.85 Å². The Kier molecular flexibility index (Phi) is 6.76. The molecule has 1 aromatic carbocycles. The van der Waals surface area contributed by atoms with Gasteiger partial charge < -0.3 is 20.5 Å². The first-order chi connectivity index (χ1) is 11.9. The number of benzene rings is 1. The number of hydrogen-bond donors (Lipinski definition) is 5. The van der Waals surface area contributed by atoms with Gasteiger partial charge in [0.25, 0.3) is 0 Å². The van der Waals surface area contributed by atoms with Crippen molar-refractivity contribution in [1.29, 1.82) is 0 Å². The highest BCUT2D eigenvalue weighted by Gasteiger charge is 2.23. The molecule has 0 radical (unpaired) electrons. The number of fused-ring (bicyclic) bond motifs is 1. The molecule has 0 aliphatic rings. The molecular weight excluding hydrogens is 441 g/mol. The minimum absolute atomic E-state index is 0.0729. The van der Waals surface area contributed by atoms with E-state index in [1.54, 1.807) is 29.1 Å². The minimum Gasteiger partial charge on any atom is -0.480 e. The van der Waals surface area contributed by atoms with Crippen molar-refractivity contribution in [3.63, 3.8) is 0 Å². The van der Waals surface area contributed by atoms with Gasteiger partial charge in [0.1, 0.15) is 12.1 Å². The molecule has 2 rings (SSSR count). The summed E-state index contributed by atoms with van der Waals surface area (Å²) < 4.78 is 2.56. The summed E-state index contributed by atoms with van der Waals surface area (Å²) in [6.07, 6.45) is 1.86. The molecule has 1 aromatic heterocycles. The Labute approximate surface area is 157 Å². The Morgan fingerprint density at radius 1 is 1.12 bits per heavy atom.